The van der Waals surface area contributed by atoms with Gasteiger partial charge < -0.3 is 20.3 Å². The molecule has 6 nitrogen and oxygen atoms in total. The molecule has 25 heavy (non-hydrogen) atoms. The molecule has 0 unspecified atom stereocenters. The Balaban J connectivity index is 1.80. The lowest BCUT2D eigenvalue weighted by Gasteiger charge is -2.11. The summed E-state index contributed by atoms with van der Waals surface area (Å²) in [4.78, 5) is 18.3. The van der Waals surface area contributed by atoms with Crippen LogP contribution in [0.15, 0.2) is 36.5 Å². The Hall–Kier alpha value is -2.02. The van der Waals surface area contributed by atoms with Gasteiger partial charge in [0, 0.05) is 18.1 Å². The maximum atomic E-state index is 11.9. The van der Waals surface area contributed by atoms with E-state index in [1.807, 2.05) is 20.2 Å². The molecular weight excluding hydrogens is 363 g/mol. The number of rotatable bonds is 8. The summed E-state index contributed by atoms with van der Waals surface area (Å²) in [5.41, 5.74) is 0.592. The van der Waals surface area contributed by atoms with E-state index in [0.29, 0.717) is 21.5 Å². The molecule has 134 valence electrons. The maximum Gasteiger partial charge on any atom is 0.262 e. The summed E-state index contributed by atoms with van der Waals surface area (Å²) >= 11 is 11.8. The fourth-order valence-corrected chi connectivity index (χ4v) is 2.38. The van der Waals surface area contributed by atoms with Gasteiger partial charge in [0.1, 0.15) is 11.6 Å². The van der Waals surface area contributed by atoms with Crippen LogP contribution < -0.4 is 15.4 Å². The van der Waals surface area contributed by atoms with Crippen molar-refractivity contribution in [2.75, 3.05) is 44.4 Å². The average Bonchev–Trinajstić information content (AvgIpc) is 2.55. The van der Waals surface area contributed by atoms with Crippen molar-refractivity contribution in [2.24, 2.45) is 0 Å². The lowest BCUT2D eigenvalue weighted by Crippen LogP contribution is -2.21. The first kappa shape index (κ1) is 19.3. The van der Waals surface area contributed by atoms with E-state index in [-0.39, 0.29) is 12.5 Å². The molecule has 0 radical (unpaired) electrons. The van der Waals surface area contributed by atoms with Crippen molar-refractivity contribution in [3.05, 3.63) is 46.6 Å². The molecule has 0 bridgehead atoms. The maximum absolute atomic E-state index is 11.9. The van der Waals surface area contributed by atoms with E-state index in [2.05, 4.69) is 20.5 Å². The highest BCUT2D eigenvalue weighted by Crippen LogP contribution is 2.27. The molecule has 0 aliphatic rings. The normalized spacial score (nSPS) is 10.6. The largest absolute Gasteiger partial charge is 0.482 e. The molecule has 0 aliphatic carbocycles. The van der Waals surface area contributed by atoms with E-state index in [1.54, 1.807) is 30.5 Å². The van der Waals surface area contributed by atoms with Gasteiger partial charge in [-0.2, -0.15) is 0 Å². The lowest BCUT2D eigenvalue weighted by molar-refractivity contribution is -0.118. The molecule has 1 heterocycles. The number of halogens is 2. The topological polar surface area (TPSA) is 66.5 Å². The van der Waals surface area contributed by atoms with Crippen molar-refractivity contribution in [1.82, 2.24) is 9.88 Å². The van der Waals surface area contributed by atoms with Crippen molar-refractivity contribution in [1.29, 1.82) is 0 Å². The molecule has 2 N–H and O–H groups in total. The highest BCUT2D eigenvalue weighted by molar-refractivity contribution is 6.35. The van der Waals surface area contributed by atoms with Gasteiger partial charge >= 0.3 is 0 Å². The number of hydrogen-bond acceptors (Lipinski definition) is 5. The summed E-state index contributed by atoms with van der Waals surface area (Å²) in [5.74, 6) is 0.852. The summed E-state index contributed by atoms with van der Waals surface area (Å²) in [6.45, 7) is 1.54. The number of nitrogens with zero attached hydrogens (tertiary/aromatic N) is 2. The quantitative estimate of drug-likeness (QED) is 0.732. The van der Waals surface area contributed by atoms with E-state index >= 15 is 0 Å². The standard InChI is InChI=1S/C17H20Cl2N4O2/c1-23(2)8-7-20-16-6-4-13(10-21-16)22-17(24)11-25-15-5-3-12(18)9-14(15)19/h3-6,9-10H,7-8,11H2,1-2H3,(H,20,21)(H,22,24). The molecule has 0 saturated carbocycles. The van der Waals surface area contributed by atoms with Gasteiger partial charge in [-0.15, -0.1) is 0 Å². The number of likely N-dealkylation sites (N-methyl/N-ethyl adjacent to an activating group) is 1. The Morgan fingerprint density at radius 2 is 2.04 bits per heavy atom. The fraction of sp³-hybridized carbons (Fsp3) is 0.294. The first-order chi connectivity index (χ1) is 11.9. The summed E-state index contributed by atoms with van der Waals surface area (Å²) in [6.07, 6.45) is 1.59. The highest BCUT2D eigenvalue weighted by atomic mass is 35.5. The molecular formula is C17H20Cl2N4O2. The minimum Gasteiger partial charge on any atom is -0.482 e. The average molecular weight is 383 g/mol. The van der Waals surface area contributed by atoms with Crippen molar-refractivity contribution >= 4 is 40.6 Å². The number of carbonyl (C=O) groups is 1. The van der Waals surface area contributed by atoms with Gasteiger partial charge in [-0.3, -0.25) is 4.79 Å². The second-order valence-electron chi connectivity index (χ2n) is 5.57. The van der Waals surface area contributed by atoms with Crippen LogP contribution in [0.5, 0.6) is 5.75 Å². The number of hydrogen-bond donors (Lipinski definition) is 2. The van der Waals surface area contributed by atoms with Crippen LogP contribution in [-0.4, -0.2) is 49.6 Å². The van der Waals surface area contributed by atoms with Gasteiger partial charge in [0.15, 0.2) is 6.61 Å². The van der Waals surface area contributed by atoms with E-state index < -0.39 is 0 Å². The van der Waals surface area contributed by atoms with Crippen molar-refractivity contribution in [3.63, 3.8) is 0 Å². The molecule has 0 aliphatic heterocycles. The van der Waals surface area contributed by atoms with Gasteiger partial charge in [0.05, 0.1) is 16.9 Å². The summed E-state index contributed by atoms with van der Waals surface area (Å²) < 4.78 is 5.38. The van der Waals surface area contributed by atoms with Crippen LogP contribution in [-0.2, 0) is 4.79 Å². The number of ether oxygens (including phenoxy) is 1. The zero-order valence-electron chi connectivity index (χ0n) is 14.1. The van der Waals surface area contributed by atoms with Crippen LogP contribution >= 0.6 is 23.2 Å². The number of carbonyl (C=O) groups excluding carboxylic acids is 1. The van der Waals surface area contributed by atoms with Crippen molar-refractivity contribution in [3.8, 4) is 5.75 Å². The Morgan fingerprint density at radius 3 is 2.68 bits per heavy atom. The van der Waals surface area contributed by atoms with Gasteiger partial charge in [0.25, 0.3) is 5.91 Å². The zero-order chi connectivity index (χ0) is 18.2. The SMILES string of the molecule is CN(C)CCNc1ccc(NC(=O)COc2ccc(Cl)cc2Cl)cn1. The molecule has 1 aromatic heterocycles. The second kappa shape index (κ2) is 9.46. The van der Waals surface area contributed by atoms with Crippen LogP contribution in [0.25, 0.3) is 0 Å². The van der Waals surface area contributed by atoms with Crippen LogP contribution in [0.3, 0.4) is 0 Å². The van der Waals surface area contributed by atoms with E-state index in [1.165, 1.54) is 0 Å². The Bertz CT molecular complexity index is 708. The van der Waals surface area contributed by atoms with Crippen LogP contribution in [0.4, 0.5) is 11.5 Å². The van der Waals surface area contributed by atoms with Crippen molar-refractivity contribution in [2.45, 2.75) is 0 Å². The van der Waals surface area contributed by atoms with Gasteiger partial charge in [0.2, 0.25) is 0 Å². The Kier molecular flexibility index (Phi) is 7.31. The van der Waals surface area contributed by atoms with Crippen molar-refractivity contribution < 1.29 is 9.53 Å². The van der Waals surface area contributed by atoms with Gasteiger partial charge in [-0.05, 0) is 44.4 Å². The predicted molar refractivity (Wildman–Crippen MR) is 102 cm³/mol. The van der Waals surface area contributed by atoms with E-state index in [4.69, 9.17) is 27.9 Å². The molecule has 0 saturated heterocycles. The monoisotopic (exact) mass is 382 g/mol. The minimum atomic E-state index is -0.305. The third-order valence-electron chi connectivity index (χ3n) is 3.17. The van der Waals surface area contributed by atoms with E-state index in [9.17, 15) is 4.79 Å². The number of amides is 1. The molecule has 1 aromatic carbocycles. The molecule has 2 rings (SSSR count). The number of benzene rings is 1. The smallest absolute Gasteiger partial charge is 0.262 e. The third kappa shape index (κ3) is 6.78. The second-order valence-corrected chi connectivity index (χ2v) is 6.42. The van der Waals surface area contributed by atoms with Crippen LogP contribution in [0.1, 0.15) is 0 Å². The van der Waals surface area contributed by atoms with Crippen LogP contribution in [0, 0.1) is 0 Å². The Labute approximate surface area is 157 Å². The van der Waals surface area contributed by atoms with Gasteiger partial charge in [-0.1, -0.05) is 23.2 Å². The highest BCUT2D eigenvalue weighted by Gasteiger charge is 2.07. The van der Waals surface area contributed by atoms with Crippen LogP contribution in [0.2, 0.25) is 10.0 Å². The molecule has 1 amide bonds. The molecule has 8 heteroatoms. The molecule has 2 aromatic rings. The number of aromatic nitrogens is 1. The Morgan fingerprint density at radius 1 is 1.24 bits per heavy atom. The third-order valence-corrected chi connectivity index (χ3v) is 3.70. The summed E-state index contributed by atoms with van der Waals surface area (Å²) in [5, 5.41) is 6.77. The van der Waals surface area contributed by atoms with Gasteiger partial charge in [-0.25, -0.2) is 4.98 Å². The first-order valence-electron chi connectivity index (χ1n) is 7.66. The first-order valence-corrected chi connectivity index (χ1v) is 8.42. The summed E-state index contributed by atoms with van der Waals surface area (Å²) in [7, 11) is 4.01. The number of nitrogens with one attached hydrogen (secondary N) is 2. The summed E-state index contributed by atoms with van der Waals surface area (Å²) in [6, 6.07) is 8.41. The molecule has 0 atom stereocenters. The molecule has 0 fully saturated rings. The fourth-order valence-electron chi connectivity index (χ4n) is 1.91. The number of anilines is 2. The number of pyridine rings is 1. The zero-order valence-corrected chi connectivity index (χ0v) is 15.6. The van der Waals surface area contributed by atoms with E-state index in [0.717, 1.165) is 18.9 Å². The molecule has 0 spiro atoms. The predicted octanol–water partition coefficient (Wildman–Crippen LogP) is 3.38. The minimum absolute atomic E-state index is 0.163. The lowest BCUT2D eigenvalue weighted by atomic mass is 10.3.